The van der Waals surface area contributed by atoms with Crippen LogP contribution in [0.1, 0.15) is 52.4 Å². The van der Waals surface area contributed by atoms with Crippen molar-refractivity contribution in [1.82, 2.24) is 10.2 Å². The third kappa shape index (κ3) is 5.61. The number of hydrogen-bond acceptors (Lipinski definition) is 2. The van der Waals surface area contributed by atoms with Crippen LogP contribution in [0.4, 0.5) is 0 Å². The maximum absolute atomic E-state index is 3.32. The lowest BCUT2D eigenvalue weighted by atomic mass is 9.73. The highest BCUT2D eigenvalue weighted by Gasteiger charge is 2.28. The molecule has 1 heterocycles. The van der Waals surface area contributed by atoms with Crippen LogP contribution in [0, 0.1) is 17.3 Å². The highest BCUT2D eigenvalue weighted by Crippen LogP contribution is 2.38. The van der Waals surface area contributed by atoms with Crippen molar-refractivity contribution in [2.24, 2.45) is 17.3 Å². The van der Waals surface area contributed by atoms with Crippen molar-refractivity contribution in [1.29, 1.82) is 0 Å². The van der Waals surface area contributed by atoms with Gasteiger partial charge in [0.25, 0.3) is 0 Å². The number of halogens is 1. The summed E-state index contributed by atoms with van der Waals surface area (Å²) in [5, 5.41) is 3.32. The van der Waals surface area contributed by atoms with Gasteiger partial charge in [-0.15, -0.1) is 12.4 Å². The summed E-state index contributed by atoms with van der Waals surface area (Å²) in [5.74, 6) is 1.91. The number of nitrogens with zero attached hydrogens (tertiary/aromatic N) is 1. The molecule has 0 aromatic carbocycles. The first-order valence-electron chi connectivity index (χ1n) is 7.96. The minimum atomic E-state index is 0. The molecule has 3 heteroatoms. The van der Waals surface area contributed by atoms with Crippen LogP contribution in [0.2, 0.25) is 0 Å². The zero-order valence-electron chi connectivity index (χ0n) is 13.1. The lowest BCUT2D eigenvalue weighted by Gasteiger charge is -2.39. The van der Waals surface area contributed by atoms with Crippen molar-refractivity contribution in [2.45, 2.75) is 52.4 Å². The van der Waals surface area contributed by atoms with E-state index in [0.717, 1.165) is 11.8 Å². The standard InChI is InChI=1S/C16H32N2.ClH/c1-16(2)8-4-15(5-9-16)13-18-10-6-14(7-11-18)12-17-3;/h14-15,17H,4-13H2,1-3H3;1H. The van der Waals surface area contributed by atoms with Crippen LogP contribution in [0.15, 0.2) is 0 Å². The number of likely N-dealkylation sites (tertiary alicyclic amines) is 1. The second-order valence-electron chi connectivity index (χ2n) is 7.41. The molecule has 1 N–H and O–H groups in total. The molecule has 0 aromatic heterocycles. The number of hydrogen-bond donors (Lipinski definition) is 1. The normalized spacial score (nSPS) is 26.1. The molecular formula is C16H33ClN2. The van der Waals surface area contributed by atoms with E-state index in [4.69, 9.17) is 0 Å². The maximum Gasteiger partial charge on any atom is 0.000967 e. The summed E-state index contributed by atoms with van der Waals surface area (Å²) >= 11 is 0. The molecule has 1 saturated carbocycles. The Hall–Kier alpha value is 0.210. The molecule has 2 nitrogen and oxygen atoms in total. The Morgan fingerprint density at radius 1 is 1.00 bits per heavy atom. The van der Waals surface area contributed by atoms with Crippen LogP contribution in [-0.2, 0) is 0 Å². The van der Waals surface area contributed by atoms with Gasteiger partial charge in [-0.3, -0.25) is 0 Å². The van der Waals surface area contributed by atoms with Gasteiger partial charge in [0.2, 0.25) is 0 Å². The van der Waals surface area contributed by atoms with Crippen molar-refractivity contribution >= 4 is 12.4 Å². The van der Waals surface area contributed by atoms with E-state index in [1.54, 1.807) is 0 Å². The number of piperidine rings is 1. The van der Waals surface area contributed by atoms with Gasteiger partial charge in [0.1, 0.15) is 0 Å². The molecule has 0 aromatic rings. The van der Waals surface area contributed by atoms with Gasteiger partial charge in [0.15, 0.2) is 0 Å². The smallest absolute Gasteiger partial charge is 0.000967 e. The molecule has 1 aliphatic carbocycles. The van der Waals surface area contributed by atoms with Crippen LogP contribution in [-0.4, -0.2) is 38.1 Å². The number of rotatable bonds is 4. The predicted molar refractivity (Wildman–Crippen MR) is 86.1 cm³/mol. The van der Waals surface area contributed by atoms with E-state index in [1.165, 1.54) is 64.7 Å². The monoisotopic (exact) mass is 288 g/mol. The molecule has 0 bridgehead atoms. The Labute approximate surface area is 126 Å². The largest absolute Gasteiger partial charge is 0.319 e. The molecule has 0 amide bonds. The zero-order chi connectivity index (χ0) is 13.0. The zero-order valence-corrected chi connectivity index (χ0v) is 13.9. The quantitative estimate of drug-likeness (QED) is 0.851. The fourth-order valence-electron chi connectivity index (χ4n) is 3.67. The first-order valence-corrected chi connectivity index (χ1v) is 7.96. The van der Waals surface area contributed by atoms with Crippen LogP contribution < -0.4 is 5.32 Å². The average Bonchev–Trinajstić information content (AvgIpc) is 2.35. The molecule has 0 spiro atoms. The molecule has 0 radical (unpaired) electrons. The highest BCUT2D eigenvalue weighted by atomic mass is 35.5. The summed E-state index contributed by atoms with van der Waals surface area (Å²) in [4.78, 5) is 2.73. The third-order valence-electron chi connectivity index (χ3n) is 5.18. The van der Waals surface area contributed by atoms with E-state index >= 15 is 0 Å². The van der Waals surface area contributed by atoms with E-state index < -0.39 is 0 Å². The first-order chi connectivity index (χ1) is 8.59. The van der Waals surface area contributed by atoms with Crippen molar-refractivity contribution in [3.05, 3.63) is 0 Å². The van der Waals surface area contributed by atoms with Crippen molar-refractivity contribution in [3.8, 4) is 0 Å². The van der Waals surface area contributed by atoms with Gasteiger partial charge in [-0.05, 0) is 82.5 Å². The Morgan fingerprint density at radius 2 is 1.58 bits per heavy atom. The minimum absolute atomic E-state index is 0. The third-order valence-corrected chi connectivity index (χ3v) is 5.18. The summed E-state index contributed by atoms with van der Waals surface area (Å²) in [6, 6.07) is 0. The summed E-state index contributed by atoms with van der Waals surface area (Å²) in [6.07, 6.45) is 8.60. The fourth-order valence-corrected chi connectivity index (χ4v) is 3.67. The van der Waals surface area contributed by atoms with Crippen LogP contribution in [0.5, 0.6) is 0 Å². The van der Waals surface area contributed by atoms with Gasteiger partial charge in [-0.25, -0.2) is 0 Å². The van der Waals surface area contributed by atoms with Gasteiger partial charge in [0, 0.05) is 6.54 Å². The van der Waals surface area contributed by atoms with Crippen molar-refractivity contribution < 1.29 is 0 Å². The van der Waals surface area contributed by atoms with Crippen LogP contribution >= 0.6 is 12.4 Å². The fraction of sp³-hybridized carbons (Fsp3) is 1.00. The highest BCUT2D eigenvalue weighted by molar-refractivity contribution is 5.85. The van der Waals surface area contributed by atoms with Gasteiger partial charge in [0.05, 0.1) is 0 Å². The molecule has 0 unspecified atom stereocenters. The summed E-state index contributed by atoms with van der Waals surface area (Å²) in [7, 11) is 2.08. The second-order valence-corrected chi connectivity index (χ2v) is 7.41. The van der Waals surface area contributed by atoms with Crippen LogP contribution in [0.3, 0.4) is 0 Å². The van der Waals surface area contributed by atoms with E-state index in [-0.39, 0.29) is 12.4 Å². The average molecular weight is 289 g/mol. The molecule has 1 aliphatic heterocycles. The second kappa shape index (κ2) is 7.85. The van der Waals surface area contributed by atoms with Gasteiger partial charge in [-0.1, -0.05) is 13.8 Å². The van der Waals surface area contributed by atoms with Gasteiger partial charge < -0.3 is 10.2 Å². The number of nitrogens with one attached hydrogen (secondary N) is 1. The molecule has 2 fully saturated rings. The van der Waals surface area contributed by atoms with Crippen LogP contribution in [0.25, 0.3) is 0 Å². The Bertz CT molecular complexity index is 237. The Morgan fingerprint density at radius 3 is 2.11 bits per heavy atom. The Kier molecular flexibility index (Phi) is 7.13. The molecule has 1 saturated heterocycles. The van der Waals surface area contributed by atoms with E-state index in [0.29, 0.717) is 5.41 Å². The van der Waals surface area contributed by atoms with E-state index in [1.807, 2.05) is 0 Å². The first kappa shape index (κ1) is 17.3. The molecule has 2 rings (SSSR count). The Balaban J connectivity index is 0.00000180. The molecule has 0 atom stereocenters. The topological polar surface area (TPSA) is 15.3 Å². The van der Waals surface area contributed by atoms with E-state index in [2.05, 4.69) is 31.1 Å². The molecule has 19 heavy (non-hydrogen) atoms. The van der Waals surface area contributed by atoms with Crippen molar-refractivity contribution in [2.75, 3.05) is 33.2 Å². The van der Waals surface area contributed by atoms with E-state index in [9.17, 15) is 0 Å². The lowest BCUT2D eigenvalue weighted by molar-refractivity contribution is 0.117. The summed E-state index contributed by atoms with van der Waals surface area (Å²) in [5.41, 5.74) is 0.621. The maximum atomic E-state index is 3.32. The van der Waals surface area contributed by atoms with Crippen molar-refractivity contribution in [3.63, 3.8) is 0 Å². The summed E-state index contributed by atoms with van der Waals surface area (Å²) in [6.45, 7) is 10.1. The molecule has 114 valence electrons. The van der Waals surface area contributed by atoms with Gasteiger partial charge >= 0.3 is 0 Å². The molecular weight excluding hydrogens is 256 g/mol. The molecule has 2 aliphatic rings. The lowest BCUT2D eigenvalue weighted by Crippen LogP contribution is -2.40. The SMILES string of the molecule is CNCC1CCN(CC2CCC(C)(C)CC2)CC1.Cl. The minimum Gasteiger partial charge on any atom is -0.319 e. The summed E-state index contributed by atoms with van der Waals surface area (Å²) < 4.78 is 0. The predicted octanol–water partition coefficient (Wildman–Crippen LogP) is 3.56. The van der Waals surface area contributed by atoms with Gasteiger partial charge in [-0.2, -0.15) is 0 Å².